The highest BCUT2D eigenvalue weighted by atomic mass is 16.6. The van der Waals surface area contributed by atoms with E-state index >= 15 is 0 Å². The van der Waals surface area contributed by atoms with E-state index in [-0.39, 0.29) is 17.6 Å². The number of carbonyl (C=O) groups is 2. The maximum Gasteiger partial charge on any atom is 0.354 e. The number of aromatic nitrogens is 1. The van der Waals surface area contributed by atoms with Gasteiger partial charge < -0.3 is 19.5 Å². The fourth-order valence-corrected chi connectivity index (χ4v) is 3.54. The van der Waals surface area contributed by atoms with Crippen LogP contribution in [-0.4, -0.2) is 46.6 Å². The summed E-state index contributed by atoms with van der Waals surface area (Å²) in [5.74, 6) is 0.0431. The molecule has 0 bridgehead atoms. The van der Waals surface area contributed by atoms with E-state index in [0.717, 1.165) is 18.4 Å². The van der Waals surface area contributed by atoms with Crippen LogP contribution in [0.1, 0.15) is 45.3 Å². The molecule has 134 valence electrons. The lowest BCUT2D eigenvalue weighted by Gasteiger charge is -2.29. The molecule has 1 aromatic carbocycles. The second-order valence-corrected chi connectivity index (χ2v) is 6.26. The van der Waals surface area contributed by atoms with Crippen LogP contribution in [0.4, 0.5) is 0 Å². The third kappa shape index (κ3) is 2.85. The van der Waals surface area contributed by atoms with Gasteiger partial charge in [-0.05, 0) is 31.0 Å². The molecule has 1 atom stereocenters. The molecule has 1 aromatic heterocycles. The predicted octanol–water partition coefficient (Wildman–Crippen LogP) is 2.53. The highest BCUT2D eigenvalue weighted by molar-refractivity contribution is 5.97. The SMILES string of the molecule is O=C(O)c1cc(C(=O)N2CCCC2c2cccc3c2OCCO3)ccn1. The third-order valence-corrected chi connectivity index (χ3v) is 4.70. The smallest absolute Gasteiger partial charge is 0.354 e. The summed E-state index contributed by atoms with van der Waals surface area (Å²) < 4.78 is 11.4. The second kappa shape index (κ2) is 6.67. The number of nitrogens with zero attached hydrogens (tertiary/aromatic N) is 2. The zero-order valence-corrected chi connectivity index (χ0v) is 14.1. The number of carbonyl (C=O) groups excluding carboxylic acids is 1. The monoisotopic (exact) mass is 354 g/mol. The fourth-order valence-electron chi connectivity index (χ4n) is 3.54. The van der Waals surface area contributed by atoms with Crippen LogP contribution >= 0.6 is 0 Å². The zero-order valence-electron chi connectivity index (χ0n) is 14.1. The van der Waals surface area contributed by atoms with Crippen LogP contribution in [0.15, 0.2) is 36.5 Å². The number of rotatable bonds is 3. The number of amides is 1. The van der Waals surface area contributed by atoms with Crippen LogP contribution in [-0.2, 0) is 0 Å². The molecule has 0 saturated carbocycles. The first-order chi connectivity index (χ1) is 12.6. The van der Waals surface area contributed by atoms with Crippen molar-refractivity contribution in [3.8, 4) is 11.5 Å². The highest BCUT2D eigenvalue weighted by Gasteiger charge is 2.34. The van der Waals surface area contributed by atoms with Gasteiger partial charge in [0.15, 0.2) is 11.5 Å². The molecule has 1 fully saturated rings. The van der Waals surface area contributed by atoms with Gasteiger partial charge in [0.05, 0.1) is 6.04 Å². The van der Waals surface area contributed by atoms with Gasteiger partial charge in [-0.15, -0.1) is 0 Å². The average molecular weight is 354 g/mol. The number of carboxylic acids is 1. The summed E-state index contributed by atoms with van der Waals surface area (Å²) in [4.78, 5) is 29.7. The van der Waals surface area contributed by atoms with Crippen molar-refractivity contribution in [3.63, 3.8) is 0 Å². The van der Waals surface area contributed by atoms with E-state index in [1.807, 2.05) is 18.2 Å². The largest absolute Gasteiger partial charge is 0.486 e. The lowest BCUT2D eigenvalue weighted by Crippen LogP contribution is -2.31. The third-order valence-electron chi connectivity index (χ3n) is 4.70. The molecular weight excluding hydrogens is 336 g/mol. The minimum atomic E-state index is -1.15. The van der Waals surface area contributed by atoms with Gasteiger partial charge in [-0.2, -0.15) is 0 Å². The summed E-state index contributed by atoms with van der Waals surface area (Å²) in [7, 11) is 0. The lowest BCUT2D eigenvalue weighted by molar-refractivity contribution is 0.0690. The molecule has 7 heteroatoms. The second-order valence-electron chi connectivity index (χ2n) is 6.26. The van der Waals surface area contributed by atoms with Crippen LogP contribution in [0.25, 0.3) is 0 Å². The molecule has 1 amide bonds. The average Bonchev–Trinajstić information content (AvgIpc) is 3.16. The number of aromatic carboxylic acids is 1. The van der Waals surface area contributed by atoms with Crippen molar-refractivity contribution < 1.29 is 24.2 Å². The Morgan fingerprint density at radius 2 is 2.04 bits per heavy atom. The number of hydrogen-bond donors (Lipinski definition) is 1. The van der Waals surface area contributed by atoms with Crippen molar-refractivity contribution in [2.45, 2.75) is 18.9 Å². The van der Waals surface area contributed by atoms with E-state index in [4.69, 9.17) is 14.6 Å². The fraction of sp³-hybridized carbons (Fsp3) is 0.316. The Kier molecular flexibility index (Phi) is 4.20. The van der Waals surface area contributed by atoms with Crippen molar-refractivity contribution in [2.24, 2.45) is 0 Å². The van der Waals surface area contributed by atoms with Crippen molar-refractivity contribution in [1.82, 2.24) is 9.88 Å². The molecule has 7 nitrogen and oxygen atoms in total. The van der Waals surface area contributed by atoms with Crippen LogP contribution in [0.5, 0.6) is 11.5 Å². The van der Waals surface area contributed by atoms with E-state index < -0.39 is 5.97 Å². The maximum absolute atomic E-state index is 13.0. The number of likely N-dealkylation sites (tertiary alicyclic amines) is 1. The first kappa shape index (κ1) is 16.4. The maximum atomic E-state index is 13.0. The van der Waals surface area contributed by atoms with Crippen molar-refractivity contribution >= 4 is 11.9 Å². The summed E-state index contributed by atoms with van der Waals surface area (Å²) in [6.45, 7) is 1.61. The molecule has 4 rings (SSSR count). The summed E-state index contributed by atoms with van der Waals surface area (Å²) in [6.07, 6.45) is 3.04. The Balaban J connectivity index is 1.66. The molecule has 1 unspecified atom stereocenters. The minimum absolute atomic E-state index is 0.124. The minimum Gasteiger partial charge on any atom is -0.486 e. The normalized spacial score (nSPS) is 18.6. The lowest BCUT2D eigenvalue weighted by atomic mass is 10.0. The van der Waals surface area contributed by atoms with Crippen LogP contribution in [0.3, 0.4) is 0 Å². The molecular formula is C19H18N2O5. The van der Waals surface area contributed by atoms with Crippen LogP contribution in [0, 0.1) is 0 Å². The molecule has 0 radical (unpaired) electrons. The standard InChI is InChI=1S/C19H18N2O5/c22-18(12-6-7-20-14(11-12)19(23)24)21-8-2-4-15(21)13-3-1-5-16-17(13)26-10-9-25-16/h1,3,5-7,11,15H,2,4,8-10H2,(H,23,24). The Labute approximate surface area is 150 Å². The molecule has 2 aliphatic heterocycles. The molecule has 2 aromatic rings. The molecule has 1 saturated heterocycles. The zero-order chi connectivity index (χ0) is 18.1. The Hall–Kier alpha value is -3.09. The molecule has 1 N–H and O–H groups in total. The van der Waals surface area contributed by atoms with Gasteiger partial charge in [0, 0.05) is 23.9 Å². The highest BCUT2D eigenvalue weighted by Crippen LogP contribution is 2.43. The van der Waals surface area contributed by atoms with Crippen molar-refractivity contribution in [1.29, 1.82) is 0 Å². The van der Waals surface area contributed by atoms with Gasteiger partial charge in [-0.1, -0.05) is 12.1 Å². The van der Waals surface area contributed by atoms with E-state index in [1.165, 1.54) is 12.3 Å². The summed E-state index contributed by atoms with van der Waals surface area (Å²) in [5.41, 5.74) is 1.12. The summed E-state index contributed by atoms with van der Waals surface area (Å²) >= 11 is 0. The van der Waals surface area contributed by atoms with Gasteiger partial charge in [0.1, 0.15) is 18.9 Å². The van der Waals surface area contributed by atoms with Gasteiger partial charge in [-0.3, -0.25) is 4.79 Å². The Morgan fingerprint density at radius 1 is 1.19 bits per heavy atom. The van der Waals surface area contributed by atoms with Crippen molar-refractivity contribution in [2.75, 3.05) is 19.8 Å². The first-order valence-corrected chi connectivity index (χ1v) is 8.54. The quantitative estimate of drug-likeness (QED) is 0.911. The summed E-state index contributed by atoms with van der Waals surface area (Å²) in [5, 5.41) is 9.10. The van der Waals surface area contributed by atoms with Crippen LogP contribution in [0.2, 0.25) is 0 Å². The number of ether oxygens (including phenoxy) is 2. The number of pyridine rings is 1. The number of carboxylic acid groups (broad SMARTS) is 1. The van der Waals surface area contributed by atoms with E-state index in [2.05, 4.69) is 4.98 Å². The Morgan fingerprint density at radius 3 is 2.88 bits per heavy atom. The molecule has 26 heavy (non-hydrogen) atoms. The number of hydrogen-bond acceptors (Lipinski definition) is 5. The van der Waals surface area contributed by atoms with Gasteiger partial charge in [-0.25, -0.2) is 9.78 Å². The predicted molar refractivity (Wildman–Crippen MR) is 91.6 cm³/mol. The van der Waals surface area contributed by atoms with Gasteiger partial charge >= 0.3 is 5.97 Å². The molecule has 2 aliphatic rings. The Bertz CT molecular complexity index is 867. The van der Waals surface area contributed by atoms with Gasteiger partial charge in [0.2, 0.25) is 0 Å². The topological polar surface area (TPSA) is 89.0 Å². The number of benzene rings is 1. The number of para-hydroxylation sites is 1. The number of fused-ring (bicyclic) bond motifs is 1. The summed E-state index contributed by atoms with van der Waals surface area (Å²) in [6, 6.07) is 8.46. The molecule has 3 heterocycles. The van der Waals surface area contributed by atoms with Crippen LogP contribution < -0.4 is 9.47 Å². The van der Waals surface area contributed by atoms with E-state index in [0.29, 0.717) is 36.8 Å². The first-order valence-electron chi connectivity index (χ1n) is 8.54. The van der Waals surface area contributed by atoms with Crippen molar-refractivity contribution in [3.05, 3.63) is 53.3 Å². The van der Waals surface area contributed by atoms with E-state index in [9.17, 15) is 9.59 Å². The van der Waals surface area contributed by atoms with Gasteiger partial charge in [0.25, 0.3) is 5.91 Å². The molecule has 0 spiro atoms. The molecule has 0 aliphatic carbocycles. The van der Waals surface area contributed by atoms with E-state index in [1.54, 1.807) is 11.0 Å².